The lowest BCUT2D eigenvalue weighted by molar-refractivity contribution is -0.154. The van der Waals surface area contributed by atoms with Crippen LogP contribution in [0.3, 0.4) is 0 Å². The first-order chi connectivity index (χ1) is 21.7. The number of rotatable bonds is 13. The number of nitrogens with zero attached hydrogens (tertiary/aromatic N) is 2. The number of carbonyl (C=O) groups is 5. The molecule has 5 amide bonds. The second-order valence-electron chi connectivity index (χ2n) is 10.8. The Morgan fingerprint density at radius 2 is 1.71 bits per heavy atom. The zero-order valence-electron chi connectivity index (χ0n) is 25.6. The number of unbranched alkanes of at least 4 members (excludes halogenated alkanes) is 2. The number of aromatic amines is 1. The lowest BCUT2D eigenvalue weighted by Gasteiger charge is -2.27. The number of benzene rings is 2. The van der Waals surface area contributed by atoms with Crippen molar-refractivity contribution >= 4 is 40.4 Å². The molecule has 0 saturated carbocycles. The molecule has 0 spiro atoms. The molecule has 0 fully saturated rings. The van der Waals surface area contributed by atoms with Gasteiger partial charge in [0.25, 0.3) is 11.8 Å². The van der Waals surface area contributed by atoms with Gasteiger partial charge in [0.1, 0.15) is 17.8 Å². The van der Waals surface area contributed by atoms with Gasteiger partial charge < -0.3 is 25.5 Å². The van der Waals surface area contributed by atoms with Crippen molar-refractivity contribution in [3.8, 4) is 0 Å². The monoisotopic (exact) mass is 614 g/mol. The summed E-state index contributed by atoms with van der Waals surface area (Å²) >= 11 is 0. The van der Waals surface area contributed by atoms with Gasteiger partial charge in [-0.1, -0.05) is 73.5 Å². The topological polar surface area (TPSA) is 166 Å². The van der Waals surface area contributed by atoms with Crippen molar-refractivity contribution in [2.45, 2.75) is 65.1 Å². The molecule has 0 saturated heterocycles. The molecule has 2 aromatic heterocycles. The molecule has 0 bridgehead atoms. The molecule has 0 radical (unpaired) electrons. The maximum Gasteiger partial charge on any atom is 0.318 e. The summed E-state index contributed by atoms with van der Waals surface area (Å²) in [5, 5.41) is 12.4. The largest absolute Gasteiger partial charge is 0.361 e. The van der Waals surface area contributed by atoms with E-state index in [4.69, 9.17) is 4.52 Å². The fourth-order valence-electron chi connectivity index (χ4n) is 4.82. The Bertz CT molecular complexity index is 1650. The van der Waals surface area contributed by atoms with Crippen molar-refractivity contribution < 1.29 is 28.5 Å². The number of fused-ring (bicyclic) bond motifs is 1. The van der Waals surface area contributed by atoms with Gasteiger partial charge >= 0.3 is 11.8 Å². The van der Waals surface area contributed by atoms with Gasteiger partial charge in [0, 0.05) is 42.7 Å². The summed E-state index contributed by atoms with van der Waals surface area (Å²) in [4.78, 5) is 70.6. The minimum Gasteiger partial charge on any atom is -0.361 e. The van der Waals surface area contributed by atoms with Crippen LogP contribution in [-0.2, 0) is 32.1 Å². The maximum absolute atomic E-state index is 14.1. The zero-order valence-corrected chi connectivity index (χ0v) is 25.6. The summed E-state index contributed by atoms with van der Waals surface area (Å²) in [5.41, 5.74) is 2.37. The highest BCUT2D eigenvalue weighted by Crippen LogP contribution is 2.20. The number of nitrogens with one attached hydrogen (secondary N) is 4. The second kappa shape index (κ2) is 15.5. The van der Waals surface area contributed by atoms with E-state index in [1.54, 1.807) is 13.1 Å². The van der Waals surface area contributed by atoms with Crippen molar-refractivity contribution in [3.63, 3.8) is 0 Å². The number of amides is 5. The molecule has 12 nitrogen and oxygen atoms in total. The van der Waals surface area contributed by atoms with Crippen LogP contribution in [0.4, 0.5) is 0 Å². The van der Waals surface area contributed by atoms with Crippen molar-refractivity contribution in [1.29, 1.82) is 0 Å². The van der Waals surface area contributed by atoms with Crippen LogP contribution >= 0.6 is 0 Å². The van der Waals surface area contributed by atoms with E-state index in [0.717, 1.165) is 39.8 Å². The summed E-state index contributed by atoms with van der Waals surface area (Å²) < 4.78 is 4.94. The Labute approximate surface area is 260 Å². The van der Waals surface area contributed by atoms with E-state index < -0.39 is 41.6 Å². The van der Waals surface area contributed by atoms with Gasteiger partial charge in [-0.3, -0.25) is 28.9 Å². The fraction of sp³-hybridized carbons (Fsp3) is 0.333. The van der Waals surface area contributed by atoms with Crippen LogP contribution in [0.2, 0.25) is 0 Å². The molecule has 0 aliphatic heterocycles. The Morgan fingerprint density at radius 3 is 2.42 bits per heavy atom. The van der Waals surface area contributed by atoms with Crippen LogP contribution in [0.25, 0.3) is 10.9 Å². The Kier molecular flexibility index (Phi) is 11.2. The lowest BCUT2D eigenvalue weighted by atomic mass is 10.0. The summed E-state index contributed by atoms with van der Waals surface area (Å²) in [6.45, 7) is 5.20. The lowest BCUT2D eigenvalue weighted by Crippen LogP contribution is -2.57. The average molecular weight is 615 g/mol. The predicted molar refractivity (Wildman–Crippen MR) is 167 cm³/mol. The third-order valence-electron chi connectivity index (χ3n) is 7.30. The van der Waals surface area contributed by atoms with E-state index in [1.165, 1.54) is 13.0 Å². The maximum atomic E-state index is 14.1. The van der Waals surface area contributed by atoms with Crippen LogP contribution in [0.1, 0.15) is 60.5 Å². The van der Waals surface area contributed by atoms with Gasteiger partial charge in [-0.2, -0.15) is 0 Å². The molecule has 12 heteroatoms. The minimum atomic E-state index is -1.22. The Morgan fingerprint density at radius 1 is 0.978 bits per heavy atom. The van der Waals surface area contributed by atoms with E-state index in [9.17, 15) is 24.0 Å². The molecule has 2 aromatic carbocycles. The number of hydrogen-bond donors (Lipinski definition) is 4. The zero-order chi connectivity index (χ0) is 32.3. The first-order valence-electron chi connectivity index (χ1n) is 14.9. The van der Waals surface area contributed by atoms with Crippen molar-refractivity contribution in [3.05, 3.63) is 89.4 Å². The number of hydrogen-bond acceptors (Lipinski definition) is 7. The van der Waals surface area contributed by atoms with E-state index >= 15 is 0 Å². The number of imide groups is 1. The van der Waals surface area contributed by atoms with Crippen molar-refractivity contribution in [2.24, 2.45) is 0 Å². The van der Waals surface area contributed by atoms with Gasteiger partial charge in [-0.25, -0.2) is 0 Å². The van der Waals surface area contributed by atoms with Crippen LogP contribution in [-0.4, -0.2) is 63.2 Å². The molecular formula is C33H38N6O6. The third kappa shape index (κ3) is 8.65. The normalized spacial score (nSPS) is 12.2. The van der Waals surface area contributed by atoms with Gasteiger partial charge in [0.15, 0.2) is 5.69 Å². The SMILES string of the molecule is CCCCCN(C(=O)C(=O)NCc1ccccc1)C(=O)[C@H](Cc1c[nH]c2ccccc12)NC(=O)[C@H](C)NC(=O)c1cc(C)on1. The second-order valence-corrected chi connectivity index (χ2v) is 10.8. The molecule has 4 aromatic rings. The number of aromatic nitrogens is 2. The first kappa shape index (κ1) is 32.6. The minimum absolute atomic E-state index is 0.00230. The van der Waals surface area contributed by atoms with E-state index in [1.807, 2.05) is 61.5 Å². The molecule has 2 heterocycles. The predicted octanol–water partition coefficient (Wildman–Crippen LogP) is 3.17. The number of para-hydroxylation sites is 1. The number of carbonyl (C=O) groups excluding carboxylic acids is 5. The van der Waals surface area contributed by atoms with Crippen LogP contribution < -0.4 is 16.0 Å². The third-order valence-corrected chi connectivity index (χ3v) is 7.30. The molecule has 0 aliphatic carbocycles. The van der Waals surface area contributed by atoms with Crippen LogP contribution in [0, 0.1) is 6.92 Å². The molecule has 0 aliphatic rings. The van der Waals surface area contributed by atoms with Crippen LogP contribution in [0.5, 0.6) is 0 Å². The summed E-state index contributed by atoms with van der Waals surface area (Å²) in [6.07, 6.45) is 3.81. The van der Waals surface area contributed by atoms with Gasteiger partial charge in [-0.15, -0.1) is 0 Å². The Hall–Kier alpha value is -5.26. The van der Waals surface area contributed by atoms with E-state index in [2.05, 4.69) is 26.1 Å². The molecule has 0 unspecified atom stereocenters. The first-order valence-corrected chi connectivity index (χ1v) is 14.9. The quantitative estimate of drug-likeness (QED) is 0.133. The molecule has 45 heavy (non-hydrogen) atoms. The van der Waals surface area contributed by atoms with Gasteiger partial charge in [-0.05, 0) is 37.5 Å². The Balaban J connectivity index is 1.56. The highest BCUT2D eigenvalue weighted by Gasteiger charge is 2.34. The van der Waals surface area contributed by atoms with Gasteiger partial charge in [0.2, 0.25) is 5.91 Å². The highest BCUT2D eigenvalue weighted by atomic mass is 16.5. The smallest absolute Gasteiger partial charge is 0.318 e. The number of H-pyrrole nitrogens is 1. The molecule has 236 valence electrons. The summed E-state index contributed by atoms with van der Waals surface area (Å²) in [6, 6.07) is 15.7. The molecule has 4 rings (SSSR count). The van der Waals surface area contributed by atoms with E-state index in [0.29, 0.717) is 12.2 Å². The van der Waals surface area contributed by atoms with Crippen molar-refractivity contribution in [2.75, 3.05) is 6.54 Å². The van der Waals surface area contributed by atoms with Crippen LogP contribution in [0.15, 0.2) is 71.4 Å². The molecule has 4 N–H and O–H groups in total. The average Bonchev–Trinajstić information content (AvgIpc) is 3.67. The summed E-state index contributed by atoms with van der Waals surface area (Å²) in [5.74, 6) is -3.51. The van der Waals surface area contributed by atoms with Crippen molar-refractivity contribution in [1.82, 2.24) is 31.0 Å². The van der Waals surface area contributed by atoms with Gasteiger partial charge in [0.05, 0.1) is 0 Å². The highest BCUT2D eigenvalue weighted by molar-refractivity contribution is 6.37. The van der Waals surface area contributed by atoms with E-state index in [-0.39, 0.29) is 25.2 Å². The standard InChI is InChI=1S/C33H38N6O6/c1-4-5-11-16-39(33(44)31(42)35-19-23-12-7-6-8-13-23)32(43)28(18-24-20-34-26-15-10-9-14-25(24)26)37-29(40)22(3)36-30(41)27-17-21(2)45-38-27/h6-10,12-15,17,20,22,28,34H,4-5,11,16,18-19H2,1-3H3,(H,35,42)(H,36,41)(H,37,40)/t22-,28-/m0/s1. The fourth-order valence-corrected chi connectivity index (χ4v) is 4.82. The number of aryl methyl sites for hydroxylation is 1. The summed E-state index contributed by atoms with van der Waals surface area (Å²) in [7, 11) is 0. The molecule has 2 atom stereocenters. The molecular weight excluding hydrogens is 576 g/mol.